The zero-order valence-corrected chi connectivity index (χ0v) is 9.09. The van der Waals surface area contributed by atoms with Crippen LogP contribution in [0.15, 0.2) is 24.5 Å². The van der Waals surface area contributed by atoms with Gasteiger partial charge in [0.05, 0.1) is 26.1 Å². The number of hydrogen-bond acceptors (Lipinski definition) is 4. The van der Waals surface area contributed by atoms with Crippen molar-refractivity contribution in [2.45, 2.75) is 13.0 Å². The largest absolute Gasteiger partial charge is 0.453 e. The number of ether oxygens (including phenoxy) is 1. The zero-order valence-electron chi connectivity index (χ0n) is 9.09. The Balaban J connectivity index is 2.64. The van der Waals surface area contributed by atoms with Crippen molar-refractivity contribution < 1.29 is 9.53 Å². The molecule has 0 saturated heterocycles. The molecule has 0 atom stereocenters. The van der Waals surface area contributed by atoms with Gasteiger partial charge in [-0.25, -0.2) is 4.79 Å². The van der Waals surface area contributed by atoms with Gasteiger partial charge in [0.1, 0.15) is 0 Å². The topological polar surface area (TPSA) is 66.2 Å². The maximum atomic E-state index is 11.4. The molecule has 0 spiro atoms. The average molecular weight is 219 g/mol. The number of rotatable bonds is 4. The molecule has 0 fully saturated rings. The maximum Gasteiger partial charge on any atom is 0.409 e. The van der Waals surface area contributed by atoms with E-state index in [2.05, 4.69) is 9.72 Å². The van der Waals surface area contributed by atoms with Crippen molar-refractivity contribution in [2.75, 3.05) is 13.7 Å². The molecule has 1 amide bonds. The van der Waals surface area contributed by atoms with Crippen molar-refractivity contribution in [2.24, 2.45) is 0 Å². The second kappa shape index (κ2) is 6.40. The van der Waals surface area contributed by atoms with E-state index in [1.807, 2.05) is 12.1 Å². The van der Waals surface area contributed by atoms with Gasteiger partial charge in [-0.05, 0) is 11.6 Å². The second-order valence-electron chi connectivity index (χ2n) is 3.16. The summed E-state index contributed by atoms with van der Waals surface area (Å²) in [7, 11) is 1.32. The molecule has 0 saturated carbocycles. The van der Waals surface area contributed by atoms with Crippen molar-refractivity contribution in [1.29, 1.82) is 5.26 Å². The van der Waals surface area contributed by atoms with Gasteiger partial charge < -0.3 is 9.64 Å². The van der Waals surface area contributed by atoms with E-state index in [1.54, 1.807) is 18.5 Å². The molecule has 0 aliphatic rings. The molecule has 0 aliphatic heterocycles. The lowest BCUT2D eigenvalue weighted by molar-refractivity contribution is 0.121. The molecule has 0 unspecified atom stereocenters. The molecule has 1 heterocycles. The van der Waals surface area contributed by atoms with Crippen LogP contribution in [0.5, 0.6) is 0 Å². The normalized spacial score (nSPS) is 9.25. The number of nitrogens with zero attached hydrogens (tertiary/aromatic N) is 3. The summed E-state index contributed by atoms with van der Waals surface area (Å²) in [6, 6.07) is 5.67. The molecule has 0 aliphatic carbocycles. The molecular formula is C11H13N3O2. The first kappa shape index (κ1) is 12.0. The number of amides is 1. The average Bonchev–Trinajstić information content (AvgIpc) is 2.34. The summed E-state index contributed by atoms with van der Waals surface area (Å²) in [6.07, 6.45) is 3.21. The molecular weight excluding hydrogens is 206 g/mol. The van der Waals surface area contributed by atoms with Crippen LogP contribution in [0.4, 0.5) is 4.79 Å². The minimum absolute atomic E-state index is 0.287. The van der Waals surface area contributed by atoms with Crippen LogP contribution in [0.2, 0.25) is 0 Å². The summed E-state index contributed by atoms with van der Waals surface area (Å²) in [5.41, 5.74) is 0.908. The highest BCUT2D eigenvalue weighted by Crippen LogP contribution is 2.05. The summed E-state index contributed by atoms with van der Waals surface area (Å²) < 4.78 is 4.64. The fraction of sp³-hybridized carbons (Fsp3) is 0.364. The molecule has 1 rings (SSSR count). The Hall–Kier alpha value is -2.09. The van der Waals surface area contributed by atoms with Crippen LogP contribution in [0, 0.1) is 11.3 Å². The Bertz CT molecular complexity index is 373. The number of pyridine rings is 1. The van der Waals surface area contributed by atoms with E-state index in [-0.39, 0.29) is 6.42 Å². The van der Waals surface area contributed by atoms with E-state index in [4.69, 9.17) is 5.26 Å². The monoisotopic (exact) mass is 219 g/mol. The maximum absolute atomic E-state index is 11.4. The Morgan fingerprint density at radius 1 is 1.69 bits per heavy atom. The molecule has 0 bridgehead atoms. The quantitative estimate of drug-likeness (QED) is 0.770. The van der Waals surface area contributed by atoms with Crippen molar-refractivity contribution in [3.05, 3.63) is 30.1 Å². The van der Waals surface area contributed by atoms with Crippen LogP contribution in [-0.4, -0.2) is 29.6 Å². The van der Waals surface area contributed by atoms with Crippen LogP contribution in [0.1, 0.15) is 12.0 Å². The van der Waals surface area contributed by atoms with Gasteiger partial charge >= 0.3 is 6.09 Å². The van der Waals surface area contributed by atoms with Gasteiger partial charge in [-0.1, -0.05) is 6.07 Å². The third-order valence-corrected chi connectivity index (χ3v) is 2.02. The number of aromatic nitrogens is 1. The van der Waals surface area contributed by atoms with Crippen LogP contribution < -0.4 is 0 Å². The molecule has 1 aromatic rings. The zero-order chi connectivity index (χ0) is 11.8. The highest BCUT2D eigenvalue weighted by atomic mass is 16.5. The van der Waals surface area contributed by atoms with E-state index in [0.717, 1.165) is 5.56 Å². The Labute approximate surface area is 94.3 Å². The summed E-state index contributed by atoms with van der Waals surface area (Å²) in [5, 5.41) is 8.49. The Morgan fingerprint density at radius 2 is 2.50 bits per heavy atom. The molecule has 5 heteroatoms. The number of hydrogen-bond donors (Lipinski definition) is 0. The summed E-state index contributed by atoms with van der Waals surface area (Å²) in [4.78, 5) is 16.8. The number of carbonyl (C=O) groups is 1. The number of carbonyl (C=O) groups excluding carboxylic acids is 1. The Morgan fingerprint density at radius 3 is 3.06 bits per heavy atom. The first-order chi connectivity index (χ1) is 7.77. The van der Waals surface area contributed by atoms with E-state index in [0.29, 0.717) is 13.1 Å². The van der Waals surface area contributed by atoms with Gasteiger partial charge in [-0.2, -0.15) is 5.26 Å². The number of nitriles is 1. The third kappa shape index (κ3) is 3.58. The summed E-state index contributed by atoms with van der Waals surface area (Å²) in [5.74, 6) is 0. The van der Waals surface area contributed by atoms with E-state index in [9.17, 15) is 4.79 Å². The predicted molar refractivity (Wildman–Crippen MR) is 57.3 cm³/mol. The van der Waals surface area contributed by atoms with Crippen LogP contribution in [0.3, 0.4) is 0 Å². The second-order valence-corrected chi connectivity index (χ2v) is 3.16. The van der Waals surface area contributed by atoms with Gasteiger partial charge in [0.25, 0.3) is 0 Å². The standard InChI is InChI=1S/C11H13N3O2/c1-16-11(15)14(7-3-5-12)9-10-4-2-6-13-8-10/h2,4,6,8H,3,7,9H2,1H3. The Kier molecular flexibility index (Phi) is 4.80. The van der Waals surface area contributed by atoms with E-state index in [1.165, 1.54) is 12.0 Å². The van der Waals surface area contributed by atoms with Crippen molar-refractivity contribution in [1.82, 2.24) is 9.88 Å². The summed E-state index contributed by atoms with van der Waals surface area (Å²) >= 11 is 0. The third-order valence-electron chi connectivity index (χ3n) is 2.02. The van der Waals surface area contributed by atoms with E-state index < -0.39 is 6.09 Å². The van der Waals surface area contributed by atoms with Crippen molar-refractivity contribution in [3.63, 3.8) is 0 Å². The van der Waals surface area contributed by atoms with Gasteiger partial charge in [0.2, 0.25) is 0 Å². The molecule has 84 valence electrons. The SMILES string of the molecule is COC(=O)N(CCC#N)Cc1cccnc1. The minimum Gasteiger partial charge on any atom is -0.453 e. The fourth-order valence-electron chi connectivity index (χ4n) is 1.26. The van der Waals surface area contributed by atoms with Crippen molar-refractivity contribution in [3.8, 4) is 6.07 Å². The predicted octanol–water partition coefficient (Wildman–Crippen LogP) is 1.56. The van der Waals surface area contributed by atoms with Crippen LogP contribution in [-0.2, 0) is 11.3 Å². The molecule has 0 radical (unpaired) electrons. The van der Waals surface area contributed by atoms with Crippen molar-refractivity contribution >= 4 is 6.09 Å². The first-order valence-corrected chi connectivity index (χ1v) is 4.86. The molecule has 5 nitrogen and oxygen atoms in total. The van der Waals surface area contributed by atoms with Crippen LogP contribution >= 0.6 is 0 Å². The van der Waals surface area contributed by atoms with Gasteiger partial charge in [-0.15, -0.1) is 0 Å². The first-order valence-electron chi connectivity index (χ1n) is 4.86. The van der Waals surface area contributed by atoms with E-state index >= 15 is 0 Å². The lowest BCUT2D eigenvalue weighted by Crippen LogP contribution is -2.31. The highest BCUT2D eigenvalue weighted by molar-refractivity contribution is 5.67. The van der Waals surface area contributed by atoms with Gasteiger partial charge in [0, 0.05) is 18.9 Å². The highest BCUT2D eigenvalue weighted by Gasteiger charge is 2.13. The fourth-order valence-corrected chi connectivity index (χ4v) is 1.26. The molecule has 0 N–H and O–H groups in total. The van der Waals surface area contributed by atoms with Crippen LogP contribution in [0.25, 0.3) is 0 Å². The molecule has 1 aromatic heterocycles. The summed E-state index contributed by atoms with van der Waals surface area (Å²) in [6.45, 7) is 0.764. The van der Waals surface area contributed by atoms with Gasteiger partial charge in [0.15, 0.2) is 0 Å². The molecule has 0 aromatic carbocycles. The van der Waals surface area contributed by atoms with Gasteiger partial charge in [-0.3, -0.25) is 4.98 Å². The number of methoxy groups -OCH3 is 1. The minimum atomic E-state index is -0.431. The smallest absolute Gasteiger partial charge is 0.409 e. The lowest BCUT2D eigenvalue weighted by atomic mass is 10.2. The lowest BCUT2D eigenvalue weighted by Gasteiger charge is -2.19. The molecule has 16 heavy (non-hydrogen) atoms.